The van der Waals surface area contributed by atoms with E-state index >= 15 is 0 Å². The highest BCUT2D eigenvalue weighted by molar-refractivity contribution is 5.82. The zero-order valence-corrected chi connectivity index (χ0v) is 9.66. The van der Waals surface area contributed by atoms with E-state index in [2.05, 4.69) is 29.1 Å². The van der Waals surface area contributed by atoms with Gasteiger partial charge in [-0.25, -0.2) is 0 Å². The van der Waals surface area contributed by atoms with Gasteiger partial charge >= 0.3 is 0 Å². The number of fused-ring (bicyclic) bond motifs is 1. The Balaban J connectivity index is 2.13. The van der Waals surface area contributed by atoms with E-state index in [0.29, 0.717) is 11.9 Å². The van der Waals surface area contributed by atoms with Crippen LogP contribution < -0.4 is 0 Å². The van der Waals surface area contributed by atoms with Gasteiger partial charge in [0.15, 0.2) is 6.33 Å². The monoisotopic (exact) mass is 228 g/mol. The lowest BCUT2D eigenvalue weighted by molar-refractivity contribution is 0.430. The average molecular weight is 228 g/mol. The molecule has 0 saturated heterocycles. The summed E-state index contributed by atoms with van der Waals surface area (Å²) in [4.78, 5) is 4.03. The lowest BCUT2D eigenvalue weighted by atomic mass is 10.1. The molecule has 0 fully saturated rings. The van der Waals surface area contributed by atoms with Crippen LogP contribution in [0.2, 0.25) is 0 Å². The fourth-order valence-electron chi connectivity index (χ4n) is 1.74. The molecule has 2 heterocycles. The van der Waals surface area contributed by atoms with E-state index in [0.717, 1.165) is 16.5 Å². The topological polar surface area (TPSA) is 56.7 Å². The Hall–Kier alpha value is -2.17. The number of hydrogen-bond acceptors (Lipinski definition) is 4. The summed E-state index contributed by atoms with van der Waals surface area (Å²) in [5.74, 6) is 0.532. The van der Waals surface area contributed by atoms with E-state index < -0.39 is 0 Å². The molecule has 0 spiro atoms. The number of hydrogen-bond donors (Lipinski definition) is 0. The minimum atomic E-state index is 0.356. The highest BCUT2D eigenvalue weighted by Gasteiger charge is 2.08. The third-order valence-electron chi connectivity index (χ3n) is 2.66. The smallest absolute Gasteiger partial charge is 0.257 e. The molecule has 0 saturated carbocycles. The third-order valence-corrected chi connectivity index (χ3v) is 2.66. The molecule has 0 unspecified atom stereocenters. The molecular weight excluding hydrogens is 216 g/mol. The SMILES string of the molecule is CC(C)n1cc2cc(-c3ncno3)ccc2n1. The van der Waals surface area contributed by atoms with Crippen molar-refractivity contribution in [1.29, 1.82) is 0 Å². The van der Waals surface area contributed by atoms with Crippen molar-refractivity contribution < 1.29 is 4.52 Å². The minimum Gasteiger partial charge on any atom is -0.334 e. The molecule has 0 aliphatic heterocycles. The molecule has 3 rings (SSSR count). The van der Waals surface area contributed by atoms with Gasteiger partial charge in [-0.3, -0.25) is 4.68 Å². The van der Waals surface area contributed by atoms with Crippen molar-refractivity contribution in [1.82, 2.24) is 19.9 Å². The lowest BCUT2D eigenvalue weighted by Gasteiger charge is -2.02. The summed E-state index contributed by atoms with van der Waals surface area (Å²) in [5.41, 5.74) is 1.89. The first-order chi connectivity index (χ1) is 8.24. The van der Waals surface area contributed by atoms with Crippen LogP contribution in [0, 0.1) is 0 Å². The van der Waals surface area contributed by atoms with Gasteiger partial charge in [0.2, 0.25) is 0 Å². The predicted molar refractivity (Wildman–Crippen MR) is 63.4 cm³/mol. The van der Waals surface area contributed by atoms with Crippen molar-refractivity contribution in [3.63, 3.8) is 0 Å². The van der Waals surface area contributed by atoms with Gasteiger partial charge in [0.25, 0.3) is 5.89 Å². The van der Waals surface area contributed by atoms with Gasteiger partial charge in [-0.2, -0.15) is 10.1 Å². The van der Waals surface area contributed by atoms with Crippen LogP contribution in [-0.4, -0.2) is 19.9 Å². The summed E-state index contributed by atoms with van der Waals surface area (Å²) in [6.07, 6.45) is 3.43. The molecule has 5 nitrogen and oxygen atoms in total. The fourth-order valence-corrected chi connectivity index (χ4v) is 1.74. The van der Waals surface area contributed by atoms with Crippen molar-refractivity contribution in [3.8, 4) is 11.5 Å². The zero-order chi connectivity index (χ0) is 11.8. The first-order valence-corrected chi connectivity index (χ1v) is 5.50. The Labute approximate surface area is 98.1 Å². The van der Waals surface area contributed by atoms with E-state index in [-0.39, 0.29) is 0 Å². The Morgan fingerprint density at radius 3 is 2.88 bits per heavy atom. The second-order valence-corrected chi connectivity index (χ2v) is 4.22. The summed E-state index contributed by atoms with van der Waals surface area (Å²) in [5, 5.41) is 9.17. The van der Waals surface area contributed by atoms with Gasteiger partial charge in [-0.15, -0.1) is 0 Å². The second kappa shape index (κ2) is 3.69. The van der Waals surface area contributed by atoms with E-state index in [1.165, 1.54) is 6.33 Å². The maximum absolute atomic E-state index is 5.03. The van der Waals surface area contributed by atoms with E-state index in [1.54, 1.807) is 0 Å². The summed E-state index contributed by atoms with van der Waals surface area (Å²) >= 11 is 0. The molecule has 0 N–H and O–H groups in total. The Bertz CT molecular complexity index is 640. The number of nitrogens with zero attached hydrogens (tertiary/aromatic N) is 4. The van der Waals surface area contributed by atoms with Crippen LogP contribution in [0.4, 0.5) is 0 Å². The summed E-state index contributed by atoms with van der Waals surface area (Å²) < 4.78 is 6.98. The molecule has 5 heteroatoms. The van der Waals surface area contributed by atoms with Gasteiger partial charge < -0.3 is 4.52 Å². The van der Waals surface area contributed by atoms with Crippen LogP contribution in [0.25, 0.3) is 22.4 Å². The van der Waals surface area contributed by atoms with Gasteiger partial charge in [0.1, 0.15) is 0 Å². The molecule has 2 aromatic heterocycles. The largest absolute Gasteiger partial charge is 0.334 e. The van der Waals surface area contributed by atoms with Crippen molar-refractivity contribution in [2.75, 3.05) is 0 Å². The van der Waals surface area contributed by atoms with E-state index in [4.69, 9.17) is 4.52 Å². The van der Waals surface area contributed by atoms with Crippen LogP contribution >= 0.6 is 0 Å². The lowest BCUT2D eigenvalue weighted by Crippen LogP contribution is -1.99. The summed E-state index contributed by atoms with van der Waals surface area (Å²) in [6, 6.07) is 6.27. The normalized spacial score (nSPS) is 11.5. The quantitative estimate of drug-likeness (QED) is 0.676. The zero-order valence-electron chi connectivity index (χ0n) is 9.66. The molecule has 0 bridgehead atoms. The van der Waals surface area contributed by atoms with Crippen LogP contribution in [-0.2, 0) is 0 Å². The third kappa shape index (κ3) is 1.69. The Kier molecular flexibility index (Phi) is 2.18. The maximum Gasteiger partial charge on any atom is 0.257 e. The highest BCUT2D eigenvalue weighted by Crippen LogP contribution is 2.22. The molecule has 1 aromatic carbocycles. The first kappa shape index (κ1) is 10.0. The molecule has 86 valence electrons. The number of aromatic nitrogens is 4. The second-order valence-electron chi connectivity index (χ2n) is 4.22. The van der Waals surface area contributed by atoms with E-state index in [9.17, 15) is 0 Å². The minimum absolute atomic E-state index is 0.356. The highest BCUT2D eigenvalue weighted by atomic mass is 16.5. The molecule has 3 aromatic rings. The molecule has 0 atom stereocenters. The molecule has 0 aliphatic rings. The van der Waals surface area contributed by atoms with Crippen LogP contribution in [0.5, 0.6) is 0 Å². The predicted octanol–water partition coefficient (Wildman–Crippen LogP) is 2.67. The maximum atomic E-state index is 5.03. The summed E-state index contributed by atoms with van der Waals surface area (Å²) in [6.45, 7) is 4.20. The van der Waals surface area contributed by atoms with Gasteiger partial charge in [-0.05, 0) is 32.0 Å². The van der Waals surface area contributed by atoms with Crippen molar-refractivity contribution in [2.45, 2.75) is 19.9 Å². The van der Waals surface area contributed by atoms with Gasteiger partial charge in [0.05, 0.1) is 5.52 Å². The van der Waals surface area contributed by atoms with Crippen LogP contribution in [0.3, 0.4) is 0 Å². The van der Waals surface area contributed by atoms with Gasteiger partial charge in [0, 0.05) is 23.2 Å². The number of rotatable bonds is 2. The molecule has 0 aliphatic carbocycles. The Morgan fingerprint density at radius 1 is 1.29 bits per heavy atom. The molecular formula is C12H12N4O. The summed E-state index contributed by atoms with van der Waals surface area (Å²) in [7, 11) is 0. The first-order valence-electron chi connectivity index (χ1n) is 5.50. The molecule has 0 radical (unpaired) electrons. The van der Waals surface area contributed by atoms with Crippen molar-refractivity contribution >= 4 is 10.9 Å². The van der Waals surface area contributed by atoms with E-state index in [1.807, 2.05) is 29.1 Å². The Morgan fingerprint density at radius 2 is 2.18 bits per heavy atom. The molecule has 0 amide bonds. The standard InChI is InChI=1S/C12H12N4O/c1-8(2)16-6-10-5-9(3-4-11(10)15-16)12-13-7-14-17-12/h3-8H,1-2H3. The number of benzene rings is 1. The van der Waals surface area contributed by atoms with Crippen molar-refractivity contribution in [2.24, 2.45) is 0 Å². The fraction of sp³-hybridized carbons (Fsp3) is 0.250. The van der Waals surface area contributed by atoms with Crippen LogP contribution in [0.15, 0.2) is 35.2 Å². The van der Waals surface area contributed by atoms with Crippen molar-refractivity contribution in [3.05, 3.63) is 30.7 Å². The van der Waals surface area contributed by atoms with Crippen LogP contribution in [0.1, 0.15) is 19.9 Å². The van der Waals surface area contributed by atoms with Gasteiger partial charge in [-0.1, -0.05) is 5.16 Å². The average Bonchev–Trinajstić information content (AvgIpc) is 2.97. The molecule has 17 heavy (non-hydrogen) atoms.